The van der Waals surface area contributed by atoms with Gasteiger partial charge in [0.15, 0.2) is 0 Å². The van der Waals surface area contributed by atoms with E-state index >= 15 is 0 Å². The summed E-state index contributed by atoms with van der Waals surface area (Å²) in [5.41, 5.74) is 0.0601. The molecule has 1 aromatic rings. The van der Waals surface area contributed by atoms with Crippen LogP contribution in [0.25, 0.3) is 0 Å². The third-order valence-corrected chi connectivity index (χ3v) is 6.52. The first-order chi connectivity index (χ1) is 10.4. The molecule has 1 amide bonds. The predicted octanol–water partition coefficient (Wildman–Crippen LogP) is 3.77. The van der Waals surface area contributed by atoms with E-state index in [1.165, 1.54) is 0 Å². The number of aliphatic hydroxyl groups is 1. The Hall–Kier alpha value is -0.580. The summed E-state index contributed by atoms with van der Waals surface area (Å²) in [4.78, 5) is 12.6. The van der Waals surface area contributed by atoms with E-state index in [1.54, 1.807) is 12.1 Å². The Morgan fingerprint density at radius 2 is 1.95 bits per heavy atom. The number of rotatable bonds is 2. The smallest absolute Gasteiger partial charge is 0.253 e. The second kappa shape index (κ2) is 5.22. The van der Waals surface area contributed by atoms with Gasteiger partial charge in [-0.25, -0.2) is 0 Å². The van der Waals surface area contributed by atoms with Gasteiger partial charge in [0, 0.05) is 10.5 Å². The average Bonchev–Trinajstić information content (AvgIpc) is 2.40. The SMILES string of the molecule is O=C(N[C@H]1C2CC3CC1C[C@](O)(C3)C2)c1ccc(Br)cc1Cl. The summed E-state index contributed by atoms with van der Waals surface area (Å²) >= 11 is 9.54. The molecule has 4 fully saturated rings. The van der Waals surface area contributed by atoms with Crippen molar-refractivity contribution < 1.29 is 9.90 Å². The molecule has 4 aliphatic rings. The van der Waals surface area contributed by atoms with Gasteiger partial charge < -0.3 is 10.4 Å². The number of halogens is 2. The van der Waals surface area contributed by atoms with Gasteiger partial charge in [-0.05, 0) is 68.1 Å². The molecular formula is C17H19BrClNO2. The van der Waals surface area contributed by atoms with Crippen molar-refractivity contribution in [1.29, 1.82) is 0 Å². The summed E-state index contributed by atoms with van der Waals surface area (Å²) in [6.07, 6.45) is 4.90. The third kappa shape index (κ3) is 2.49. The molecule has 1 aromatic carbocycles. The zero-order chi connectivity index (χ0) is 15.5. The van der Waals surface area contributed by atoms with Crippen LogP contribution in [0.3, 0.4) is 0 Å². The molecule has 3 nitrogen and oxygen atoms in total. The van der Waals surface area contributed by atoms with Crippen molar-refractivity contribution in [3.63, 3.8) is 0 Å². The molecule has 4 bridgehead atoms. The Morgan fingerprint density at radius 3 is 2.55 bits per heavy atom. The number of hydrogen-bond donors (Lipinski definition) is 2. The molecule has 5 heteroatoms. The van der Waals surface area contributed by atoms with Crippen LogP contribution in [0.4, 0.5) is 0 Å². The molecular weight excluding hydrogens is 366 g/mol. The van der Waals surface area contributed by atoms with E-state index in [9.17, 15) is 9.90 Å². The summed E-state index contributed by atoms with van der Waals surface area (Å²) in [6, 6.07) is 5.52. The number of nitrogens with one attached hydrogen (secondary N) is 1. The predicted molar refractivity (Wildman–Crippen MR) is 88.9 cm³/mol. The molecule has 0 saturated heterocycles. The molecule has 5 rings (SSSR count). The van der Waals surface area contributed by atoms with Crippen molar-refractivity contribution in [1.82, 2.24) is 5.32 Å². The summed E-state index contributed by atoms with van der Waals surface area (Å²) < 4.78 is 0.867. The van der Waals surface area contributed by atoms with Gasteiger partial charge in [0.05, 0.1) is 16.2 Å². The number of hydrogen-bond acceptors (Lipinski definition) is 2. The molecule has 0 spiro atoms. The van der Waals surface area contributed by atoms with Crippen LogP contribution in [0.5, 0.6) is 0 Å². The molecule has 0 aliphatic heterocycles. The fourth-order valence-electron chi connectivity index (χ4n) is 5.12. The van der Waals surface area contributed by atoms with Crippen LogP contribution in [-0.4, -0.2) is 22.7 Å². The van der Waals surface area contributed by atoms with Crippen molar-refractivity contribution in [2.24, 2.45) is 17.8 Å². The zero-order valence-corrected chi connectivity index (χ0v) is 14.5. The van der Waals surface area contributed by atoms with Gasteiger partial charge in [-0.3, -0.25) is 4.79 Å². The van der Waals surface area contributed by atoms with Gasteiger partial charge in [-0.15, -0.1) is 0 Å². The topological polar surface area (TPSA) is 49.3 Å². The molecule has 0 radical (unpaired) electrons. The maximum atomic E-state index is 12.6. The standard InChI is InChI=1S/C17H19BrClNO2/c18-12-1-2-13(14(19)5-12)16(21)20-15-10-3-9-4-11(15)8-17(22,6-9)7-10/h1-2,5,9-11,15,22H,3-4,6-8H2,(H,20,21)/t9?,10?,11?,15-,17-. The van der Waals surface area contributed by atoms with E-state index in [-0.39, 0.29) is 11.9 Å². The first-order valence-corrected chi connectivity index (χ1v) is 9.09. The average molecular weight is 385 g/mol. The van der Waals surface area contributed by atoms with Crippen LogP contribution in [0, 0.1) is 17.8 Å². The molecule has 4 saturated carbocycles. The minimum Gasteiger partial charge on any atom is -0.390 e. The Balaban J connectivity index is 1.53. The lowest BCUT2D eigenvalue weighted by Crippen LogP contribution is -2.61. The van der Waals surface area contributed by atoms with E-state index < -0.39 is 5.60 Å². The minimum atomic E-state index is -0.465. The molecule has 2 atom stereocenters. The Morgan fingerprint density at radius 1 is 1.27 bits per heavy atom. The summed E-state index contributed by atoms with van der Waals surface area (Å²) in [6.45, 7) is 0. The molecule has 0 aromatic heterocycles. The Kier molecular flexibility index (Phi) is 3.55. The molecule has 2 N–H and O–H groups in total. The Labute approximate surface area is 143 Å². The Bertz CT molecular complexity index is 619. The first kappa shape index (κ1) is 15.0. The van der Waals surface area contributed by atoms with Crippen LogP contribution in [0.15, 0.2) is 22.7 Å². The van der Waals surface area contributed by atoms with E-state index in [4.69, 9.17) is 11.6 Å². The van der Waals surface area contributed by atoms with Crippen LogP contribution >= 0.6 is 27.5 Å². The lowest BCUT2D eigenvalue weighted by molar-refractivity contribution is -0.136. The normalized spacial score (nSPS) is 39.0. The third-order valence-electron chi connectivity index (χ3n) is 5.71. The van der Waals surface area contributed by atoms with E-state index in [1.807, 2.05) is 6.07 Å². The first-order valence-electron chi connectivity index (χ1n) is 7.92. The lowest BCUT2D eigenvalue weighted by Gasteiger charge is -2.58. The van der Waals surface area contributed by atoms with Crippen LogP contribution in [-0.2, 0) is 0 Å². The number of amides is 1. The second-order valence-electron chi connectivity index (χ2n) is 7.32. The van der Waals surface area contributed by atoms with Gasteiger partial charge in [-0.2, -0.15) is 0 Å². The fraction of sp³-hybridized carbons (Fsp3) is 0.588. The highest BCUT2D eigenvalue weighted by Crippen LogP contribution is 2.55. The van der Waals surface area contributed by atoms with Crippen molar-refractivity contribution in [2.45, 2.75) is 43.7 Å². The van der Waals surface area contributed by atoms with Crippen LogP contribution < -0.4 is 5.32 Å². The van der Waals surface area contributed by atoms with Gasteiger partial charge >= 0.3 is 0 Å². The second-order valence-corrected chi connectivity index (χ2v) is 8.64. The maximum Gasteiger partial charge on any atom is 0.253 e. The van der Waals surface area contributed by atoms with Crippen molar-refractivity contribution in [2.75, 3.05) is 0 Å². The molecule has 22 heavy (non-hydrogen) atoms. The monoisotopic (exact) mass is 383 g/mol. The lowest BCUT2D eigenvalue weighted by atomic mass is 9.52. The van der Waals surface area contributed by atoms with E-state index in [0.717, 1.165) is 36.6 Å². The molecule has 4 aliphatic carbocycles. The highest BCUT2D eigenvalue weighted by Gasteiger charge is 2.55. The number of benzene rings is 1. The number of carbonyl (C=O) groups excluding carboxylic acids is 1. The van der Waals surface area contributed by atoms with Gasteiger partial charge in [0.2, 0.25) is 0 Å². The zero-order valence-electron chi connectivity index (χ0n) is 12.2. The highest BCUT2D eigenvalue weighted by atomic mass is 79.9. The van der Waals surface area contributed by atoms with Gasteiger partial charge in [0.25, 0.3) is 5.91 Å². The maximum absolute atomic E-state index is 12.6. The van der Waals surface area contributed by atoms with Gasteiger partial charge in [-0.1, -0.05) is 27.5 Å². The minimum absolute atomic E-state index is 0.0954. The van der Waals surface area contributed by atoms with E-state index in [2.05, 4.69) is 21.2 Å². The molecule has 2 unspecified atom stereocenters. The summed E-state index contributed by atoms with van der Waals surface area (Å²) in [5.74, 6) is 1.37. The largest absolute Gasteiger partial charge is 0.390 e. The quantitative estimate of drug-likeness (QED) is 0.815. The van der Waals surface area contributed by atoms with Gasteiger partial charge in [0.1, 0.15) is 0 Å². The fourth-order valence-corrected chi connectivity index (χ4v) is 5.88. The molecule has 118 valence electrons. The molecule has 0 heterocycles. The van der Waals surface area contributed by atoms with E-state index in [0.29, 0.717) is 28.3 Å². The highest BCUT2D eigenvalue weighted by molar-refractivity contribution is 9.10. The summed E-state index contributed by atoms with van der Waals surface area (Å²) in [7, 11) is 0. The van der Waals surface area contributed by atoms with Crippen LogP contribution in [0.2, 0.25) is 5.02 Å². The van der Waals surface area contributed by atoms with Crippen LogP contribution in [0.1, 0.15) is 42.5 Å². The van der Waals surface area contributed by atoms with Crippen molar-refractivity contribution >= 4 is 33.4 Å². The van der Waals surface area contributed by atoms with Crippen molar-refractivity contribution in [3.8, 4) is 0 Å². The summed E-state index contributed by atoms with van der Waals surface area (Å²) in [5, 5.41) is 14.3. The number of carbonyl (C=O) groups is 1. The van der Waals surface area contributed by atoms with Crippen molar-refractivity contribution in [3.05, 3.63) is 33.3 Å².